The van der Waals surface area contributed by atoms with E-state index < -0.39 is 35.3 Å². The molecule has 3 N–H and O–H groups in total. The molecule has 5 nitrogen and oxygen atoms in total. The fourth-order valence-corrected chi connectivity index (χ4v) is 3.95. The van der Waals surface area contributed by atoms with Gasteiger partial charge in [0.15, 0.2) is 0 Å². The standard InChI is InChI=1S/C20H22F2N2O3S/c1-3-14(17(25)16-12(21)5-4-6-13(16)22)23-20(27)18-10(2)9-15(28-18)24-19(26)11-7-8-11/h4-6,9,11,14,17,25H,3,7-8H2,1-2H3,(H,23,27)(H,24,26). The molecule has 2 unspecified atom stereocenters. The predicted octanol–water partition coefficient (Wildman–Crippen LogP) is 3.93. The number of carbonyl (C=O) groups excluding carboxylic acids is 2. The summed E-state index contributed by atoms with van der Waals surface area (Å²) in [7, 11) is 0. The average Bonchev–Trinajstić information content (AvgIpc) is 3.43. The van der Waals surface area contributed by atoms with E-state index in [4.69, 9.17) is 0 Å². The molecule has 1 heterocycles. The number of hydrogen-bond acceptors (Lipinski definition) is 4. The zero-order valence-electron chi connectivity index (χ0n) is 15.6. The molecular formula is C20H22F2N2O3S. The Balaban J connectivity index is 1.73. The Morgan fingerprint density at radius 3 is 2.50 bits per heavy atom. The summed E-state index contributed by atoms with van der Waals surface area (Å²) in [5.74, 6) is -2.19. The summed E-state index contributed by atoms with van der Waals surface area (Å²) >= 11 is 1.13. The van der Waals surface area contributed by atoms with Crippen molar-refractivity contribution in [3.63, 3.8) is 0 Å². The molecule has 1 aromatic carbocycles. The Morgan fingerprint density at radius 1 is 1.29 bits per heavy atom. The van der Waals surface area contributed by atoms with Crippen LogP contribution in [0, 0.1) is 24.5 Å². The van der Waals surface area contributed by atoms with Crippen molar-refractivity contribution < 1.29 is 23.5 Å². The number of nitrogens with one attached hydrogen (secondary N) is 2. The molecule has 0 spiro atoms. The molecule has 1 aliphatic carbocycles. The zero-order chi connectivity index (χ0) is 20.4. The number of aliphatic hydroxyl groups is 1. The van der Waals surface area contributed by atoms with Gasteiger partial charge in [-0.3, -0.25) is 9.59 Å². The van der Waals surface area contributed by atoms with Gasteiger partial charge in [0, 0.05) is 5.92 Å². The summed E-state index contributed by atoms with van der Waals surface area (Å²) in [6.07, 6.45) is 0.513. The van der Waals surface area contributed by atoms with Crippen molar-refractivity contribution in [3.8, 4) is 0 Å². The van der Waals surface area contributed by atoms with E-state index in [0.717, 1.165) is 36.3 Å². The van der Waals surface area contributed by atoms with E-state index in [0.29, 0.717) is 15.4 Å². The van der Waals surface area contributed by atoms with Gasteiger partial charge in [-0.2, -0.15) is 0 Å². The summed E-state index contributed by atoms with van der Waals surface area (Å²) in [6, 6.07) is 4.19. The lowest BCUT2D eigenvalue weighted by Crippen LogP contribution is -2.39. The highest BCUT2D eigenvalue weighted by molar-refractivity contribution is 7.18. The molecule has 8 heteroatoms. The highest BCUT2D eigenvalue weighted by Crippen LogP contribution is 2.33. The van der Waals surface area contributed by atoms with Crippen LogP contribution in [0.3, 0.4) is 0 Å². The number of halogens is 2. The predicted molar refractivity (Wildman–Crippen MR) is 103 cm³/mol. The van der Waals surface area contributed by atoms with E-state index in [9.17, 15) is 23.5 Å². The molecule has 2 amide bonds. The van der Waals surface area contributed by atoms with Crippen molar-refractivity contribution in [2.45, 2.75) is 45.3 Å². The Kier molecular flexibility index (Phi) is 6.10. The van der Waals surface area contributed by atoms with Crippen LogP contribution in [-0.4, -0.2) is 23.0 Å². The third-order valence-corrected chi connectivity index (χ3v) is 5.90. The lowest BCUT2D eigenvalue weighted by Gasteiger charge is -2.24. The first-order chi connectivity index (χ1) is 13.3. The number of amides is 2. The molecule has 1 aliphatic rings. The van der Waals surface area contributed by atoms with Crippen molar-refractivity contribution in [1.29, 1.82) is 0 Å². The van der Waals surface area contributed by atoms with E-state index in [1.165, 1.54) is 6.07 Å². The lowest BCUT2D eigenvalue weighted by atomic mass is 9.99. The number of aliphatic hydroxyl groups excluding tert-OH is 1. The highest BCUT2D eigenvalue weighted by atomic mass is 32.1. The zero-order valence-corrected chi connectivity index (χ0v) is 16.4. The third kappa shape index (κ3) is 4.39. The quantitative estimate of drug-likeness (QED) is 0.650. The molecule has 1 saturated carbocycles. The number of rotatable bonds is 7. The number of hydrogen-bond donors (Lipinski definition) is 3. The van der Waals surface area contributed by atoms with Gasteiger partial charge in [0.05, 0.1) is 21.5 Å². The molecule has 1 aromatic heterocycles. The van der Waals surface area contributed by atoms with Crippen molar-refractivity contribution >= 4 is 28.2 Å². The molecule has 1 fully saturated rings. The fraction of sp³-hybridized carbons (Fsp3) is 0.400. The van der Waals surface area contributed by atoms with Crippen LogP contribution in [0.4, 0.5) is 13.8 Å². The van der Waals surface area contributed by atoms with Crippen molar-refractivity contribution in [2.75, 3.05) is 5.32 Å². The molecule has 0 aliphatic heterocycles. The van der Waals surface area contributed by atoms with Gasteiger partial charge in [0.2, 0.25) is 5.91 Å². The Hall–Kier alpha value is -2.32. The third-order valence-electron chi connectivity index (χ3n) is 4.75. The minimum atomic E-state index is -1.52. The number of anilines is 1. The minimum absolute atomic E-state index is 0.0508. The van der Waals surface area contributed by atoms with Crippen LogP contribution in [0.15, 0.2) is 24.3 Å². The first kappa shape index (κ1) is 20.4. The molecule has 2 atom stereocenters. The summed E-state index contributed by atoms with van der Waals surface area (Å²) in [5.41, 5.74) is 0.213. The van der Waals surface area contributed by atoms with Crippen LogP contribution in [0.1, 0.15) is 53.1 Å². The fourth-order valence-electron chi connectivity index (χ4n) is 2.97. The second-order valence-electron chi connectivity index (χ2n) is 6.95. The van der Waals surface area contributed by atoms with Gasteiger partial charge in [-0.15, -0.1) is 11.3 Å². The smallest absolute Gasteiger partial charge is 0.262 e. The van der Waals surface area contributed by atoms with Gasteiger partial charge >= 0.3 is 0 Å². The molecule has 150 valence electrons. The van der Waals surface area contributed by atoms with E-state index in [1.54, 1.807) is 19.9 Å². The monoisotopic (exact) mass is 408 g/mol. The largest absolute Gasteiger partial charge is 0.386 e. The van der Waals surface area contributed by atoms with Gasteiger partial charge in [-0.1, -0.05) is 13.0 Å². The van der Waals surface area contributed by atoms with Crippen LogP contribution in [0.5, 0.6) is 0 Å². The summed E-state index contributed by atoms with van der Waals surface area (Å²) in [6.45, 7) is 3.45. The van der Waals surface area contributed by atoms with Gasteiger partial charge in [-0.25, -0.2) is 8.78 Å². The molecule has 0 saturated heterocycles. The van der Waals surface area contributed by atoms with Gasteiger partial charge in [-0.05, 0) is 49.9 Å². The Bertz CT molecular complexity index is 875. The Labute approximate surface area is 165 Å². The maximum atomic E-state index is 14.0. The SMILES string of the molecule is CCC(NC(=O)c1sc(NC(=O)C2CC2)cc1C)C(O)c1c(F)cccc1F. The van der Waals surface area contributed by atoms with E-state index in [2.05, 4.69) is 10.6 Å². The normalized spacial score (nSPS) is 15.8. The lowest BCUT2D eigenvalue weighted by molar-refractivity contribution is -0.117. The molecule has 0 radical (unpaired) electrons. The van der Waals surface area contributed by atoms with Gasteiger partial charge in [0.1, 0.15) is 17.7 Å². The van der Waals surface area contributed by atoms with Crippen LogP contribution in [0.2, 0.25) is 0 Å². The average molecular weight is 408 g/mol. The number of thiophene rings is 1. The number of benzene rings is 1. The maximum absolute atomic E-state index is 14.0. The van der Waals surface area contributed by atoms with Crippen LogP contribution < -0.4 is 10.6 Å². The summed E-state index contributed by atoms with van der Waals surface area (Å²) < 4.78 is 27.9. The second kappa shape index (κ2) is 8.36. The van der Waals surface area contributed by atoms with Gasteiger partial charge < -0.3 is 15.7 Å². The van der Waals surface area contributed by atoms with Crippen LogP contribution >= 0.6 is 11.3 Å². The first-order valence-corrected chi connectivity index (χ1v) is 9.97. The number of aryl methyl sites for hydroxylation is 1. The van der Waals surface area contributed by atoms with Crippen molar-refractivity contribution in [1.82, 2.24) is 5.32 Å². The van der Waals surface area contributed by atoms with E-state index in [1.807, 2.05) is 0 Å². The summed E-state index contributed by atoms with van der Waals surface area (Å²) in [4.78, 5) is 24.9. The van der Waals surface area contributed by atoms with Gasteiger partial charge in [0.25, 0.3) is 5.91 Å². The highest BCUT2D eigenvalue weighted by Gasteiger charge is 2.31. The first-order valence-electron chi connectivity index (χ1n) is 9.16. The molecule has 3 rings (SSSR count). The van der Waals surface area contributed by atoms with Crippen molar-refractivity contribution in [2.24, 2.45) is 5.92 Å². The minimum Gasteiger partial charge on any atom is -0.386 e. The molecule has 28 heavy (non-hydrogen) atoms. The van der Waals surface area contributed by atoms with E-state index in [-0.39, 0.29) is 18.2 Å². The number of carbonyl (C=O) groups is 2. The van der Waals surface area contributed by atoms with Crippen molar-refractivity contribution in [3.05, 3.63) is 51.9 Å². The molecular weight excluding hydrogens is 386 g/mol. The molecule has 0 bridgehead atoms. The maximum Gasteiger partial charge on any atom is 0.262 e. The molecule has 2 aromatic rings. The Morgan fingerprint density at radius 2 is 1.93 bits per heavy atom. The van der Waals surface area contributed by atoms with E-state index >= 15 is 0 Å². The van der Waals surface area contributed by atoms with Crippen LogP contribution in [0.25, 0.3) is 0 Å². The summed E-state index contributed by atoms with van der Waals surface area (Å²) in [5, 5.41) is 16.5. The van der Waals surface area contributed by atoms with Crippen LogP contribution in [-0.2, 0) is 4.79 Å². The second-order valence-corrected chi connectivity index (χ2v) is 8.01. The topological polar surface area (TPSA) is 78.4 Å².